The van der Waals surface area contributed by atoms with Crippen LogP contribution in [-0.4, -0.2) is 12.4 Å². The molecule has 0 atom stereocenters. The van der Waals surface area contributed by atoms with Crippen LogP contribution in [0.3, 0.4) is 0 Å². The first-order chi connectivity index (χ1) is 8.05. The molecule has 1 saturated carbocycles. The fourth-order valence-corrected chi connectivity index (χ4v) is 2.52. The Kier molecular flexibility index (Phi) is 2.36. The van der Waals surface area contributed by atoms with Crippen molar-refractivity contribution in [3.63, 3.8) is 0 Å². The van der Waals surface area contributed by atoms with E-state index in [0.29, 0.717) is 10.9 Å². The molecule has 0 spiro atoms. The average molecular weight is 258 g/mol. The minimum atomic E-state index is -4.29. The summed E-state index contributed by atoms with van der Waals surface area (Å²) in [4.78, 5) is 2.54. The van der Waals surface area contributed by atoms with Crippen LogP contribution in [0.2, 0.25) is 0 Å². The van der Waals surface area contributed by atoms with Crippen LogP contribution in [0.4, 0.5) is 18.9 Å². The first-order valence-corrected chi connectivity index (χ1v) is 6.03. The van der Waals surface area contributed by atoms with Gasteiger partial charge in [-0.3, -0.25) is 0 Å². The maximum absolute atomic E-state index is 12.6. The summed E-state index contributed by atoms with van der Waals surface area (Å²) < 4.78 is 41.7. The molecule has 0 N–H and O–H groups in total. The Morgan fingerprint density at radius 3 is 2.71 bits per heavy atom. The maximum atomic E-state index is 12.6. The lowest BCUT2D eigenvalue weighted by Gasteiger charge is -2.25. The van der Waals surface area contributed by atoms with E-state index in [1.807, 2.05) is 4.90 Å². The van der Waals surface area contributed by atoms with Crippen LogP contribution in [-0.2, 0) is 6.18 Å². The Bertz CT molecular complexity index is 480. The van der Waals surface area contributed by atoms with Crippen LogP contribution in [0.15, 0.2) is 27.5 Å². The molecule has 0 radical (unpaired) electrons. The van der Waals surface area contributed by atoms with Crippen molar-refractivity contribution in [2.45, 2.75) is 30.0 Å². The number of fused-ring (bicyclic) bond motifs is 1. The van der Waals surface area contributed by atoms with E-state index in [-0.39, 0.29) is 0 Å². The van der Waals surface area contributed by atoms with E-state index in [1.54, 1.807) is 6.34 Å². The second-order valence-corrected chi connectivity index (χ2v) is 4.96. The summed E-state index contributed by atoms with van der Waals surface area (Å²) in [6, 6.07) is 4.25. The van der Waals surface area contributed by atoms with Crippen LogP contribution in [0.5, 0.6) is 0 Å². The number of hydrogen-bond donors (Lipinski definition) is 0. The van der Waals surface area contributed by atoms with E-state index in [4.69, 9.17) is 0 Å². The fraction of sp³-hybridized carbons (Fsp3) is 0.364. The molecule has 0 amide bonds. The molecule has 0 unspecified atom stereocenters. The zero-order chi connectivity index (χ0) is 12.0. The van der Waals surface area contributed by atoms with E-state index in [0.717, 1.165) is 36.5 Å². The SMILES string of the molecule is FC(F)(F)c1ccc2c(c1)SN=CN2C1CC1. The van der Waals surface area contributed by atoms with Crippen molar-refractivity contribution in [3.05, 3.63) is 23.8 Å². The first-order valence-electron chi connectivity index (χ1n) is 5.26. The normalized spacial score (nSPS) is 19.4. The van der Waals surface area contributed by atoms with Gasteiger partial charge >= 0.3 is 6.18 Å². The summed E-state index contributed by atoms with van der Waals surface area (Å²) in [6.45, 7) is 0. The van der Waals surface area contributed by atoms with E-state index in [1.165, 1.54) is 12.1 Å². The highest BCUT2D eigenvalue weighted by atomic mass is 32.2. The molecule has 0 bridgehead atoms. The smallest absolute Gasteiger partial charge is 0.328 e. The molecule has 2 aliphatic rings. The first kappa shape index (κ1) is 11.0. The van der Waals surface area contributed by atoms with Gasteiger partial charge in [-0.25, -0.2) is 4.40 Å². The van der Waals surface area contributed by atoms with E-state index in [9.17, 15) is 13.2 Å². The van der Waals surface area contributed by atoms with Crippen molar-refractivity contribution in [3.8, 4) is 0 Å². The van der Waals surface area contributed by atoms with Gasteiger partial charge < -0.3 is 4.90 Å². The standard InChI is InChI=1S/C11H9F3N2S/c12-11(13,14)7-1-4-9-10(5-7)17-15-6-16(9)8-2-3-8/h1,4-6,8H,2-3H2. The molecule has 1 aliphatic heterocycles. The zero-order valence-corrected chi connectivity index (χ0v) is 9.55. The number of benzene rings is 1. The molecule has 90 valence electrons. The summed E-state index contributed by atoms with van der Waals surface area (Å²) in [7, 11) is 0. The minimum Gasteiger partial charge on any atom is -0.328 e. The van der Waals surface area contributed by atoms with Gasteiger partial charge in [0, 0.05) is 18.0 Å². The summed E-state index contributed by atoms with van der Waals surface area (Å²) in [5.74, 6) is 0. The van der Waals surface area contributed by atoms with Gasteiger partial charge in [0.25, 0.3) is 0 Å². The monoisotopic (exact) mass is 258 g/mol. The van der Waals surface area contributed by atoms with Gasteiger partial charge in [0.2, 0.25) is 0 Å². The Balaban J connectivity index is 1.99. The fourth-order valence-electron chi connectivity index (χ4n) is 1.81. The molecular weight excluding hydrogens is 249 g/mol. The summed E-state index contributed by atoms with van der Waals surface area (Å²) in [5, 5.41) is 0. The van der Waals surface area contributed by atoms with Gasteiger partial charge in [-0.2, -0.15) is 13.2 Å². The minimum absolute atomic E-state index is 0.412. The molecule has 1 fully saturated rings. The van der Waals surface area contributed by atoms with Crippen molar-refractivity contribution in [1.82, 2.24) is 0 Å². The highest BCUT2D eigenvalue weighted by Gasteiger charge is 2.34. The Morgan fingerprint density at radius 1 is 1.29 bits per heavy atom. The number of rotatable bonds is 1. The second kappa shape index (κ2) is 3.66. The lowest BCUT2D eigenvalue weighted by Crippen LogP contribution is -2.25. The van der Waals surface area contributed by atoms with Crippen molar-refractivity contribution < 1.29 is 13.2 Å². The van der Waals surface area contributed by atoms with Gasteiger partial charge in [0.05, 0.1) is 16.1 Å². The average Bonchev–Trinajstić information content (AvgIpc) is 3.10. The second-order valence-electron chi connectivity index (χ2n) is 4.13. The van der Waals surface area contributed by atoms with Gasteiger partial charge in [-0.1, -0.05) is 0 Å². The van der Waals surface area contributed by atoms with Gasteiger partial charge in [0.1, 0.15) is 6.34 Å². The summed E-state index contributed by atoms with van der Waals surface area (Å²) in [5.41, 5.74) is 0.220. The van der Waals surface area contributed by atoms with Crippen LogP contribution in [0, 0.1) is 0 Å². The molecule has 1 heterocycles. The number of nitrogens with zero attached hydrogens (tertiary/aromatic N) is 2. The topological polar surface area (TPSA) is 15.6 Å². The van der Waals surface area contributed by atoms with E-state index >= 15 is 0 Å². The van der Waals surface area contributed by atoms with Gasteiger partial charge in [0.15, 0.2) is 0 Å². The molecule has 2 nitrogen and oxygen atoms in total. The van der Waals surface area contributed by atoms with Crippen LogP contribution in [0.25, 0.3) is 0 Å². The van der Waals surface area contributed by atoms with Crippen molar-refractivity contribution in [1.29, 1.82) is 0 Å². The number of anilines is 1. The molecule has 1 aromatic carbocycles. The van der Waals surface area contributed by atoms with Crippen molar-refractivity contribution in [2.24, 2.45) is 4.40 Å². The Hall–Kier alpha value is -1.17. The molecule has 0 aromatic heterocycles. The highest BCUT2D eigenvalue weighted by Crippen LogP contribution is 2.42. The lowest BCUT2D eigenvalue weighted by atomic mass is 10.2. The van der Waals surface area contributed by atoms with Crippen LogP contribution >= 0.6 is 11.9 Å². The largest absolute Gasteiger partial charge is 0.416 e. The quantitative estimate of drug-likeness (QED) is 0.713. The third-order valence-corrected chi connectivity index (χ3v) is 3.55. The van der Waals surface area contributed by atoms with Crippen molar-refractivity contribution >= 4 is 24.0 Å². The van der Waals surface area contributed by atoms with E-state index in [2.05, 4.69) is 4.40 Å². The lowest BCUT2D eigenvalue weighted by molar-refractivity contribution is -0.137. The van der Waals surface area contributed by atoms with Crippen LogP contribution in [0.1, 0.15) is 18.4 Å². The highest BCUT2D eigenvalue weighted by molar-refractivity contribution is 7.98. The molecule has 17 heavy (non-hydrogen) atoms. The zero-order valence-electron chi connectivity index (χ0n) is 8.74. The predicted molar refractivity (Wildman–Crippen MR) is 61.3 cm³/mol. The number of hydrogen-bond acceptors (Lipinski definition) is 3. The van der Waals surface area contributed by atoms with E-state index < -0.39 is 11.7 Å². The summed E-state index contributed by atoms with van der Waals surface area (Å²) >= 11 is 1.10. The van der Waals surface area contributed by atoms with Gasteiger partial charge in [-0.05, 0) is 31.0 Å². The molecule has 0 saturated heterocycles. The number of halogens is 3. The maximum Gasteiger partial charge on any atom is 0.416 e. The molecular formula is C11H9F3N2S. The third kappa shape index (κ3) is 2.01. The molecule has 1 aliphatic carbocycles. The van der Waals surface area contributed by atoms with Crippen molar-refractivity contribution in [2.75, 3.05) is 4.90 Å². The Labute approximate surface area is 101 Å². The Morgan fingerprint density at radius 2 is 2.06 bits per heavy atom. The predicted octanol–water partition coefficient (Wildman–Crippen LogP) is 3.72. The molecule has 3 rings (SSSR count). The molecule has 1 aromatic rings. The summed E-state index contributed by atoms with van der Waals surface area (Å²) in [6.07, 6.45) is -0.423. The van der Waals surface area contributed by atoms with Gasteiger partial charge in [-0.15, -0.1) is 0 Å². The van der Waals surface area contributed by atoms with Crippen LogP contribution < -0.4 is 4.90 Å². The molecule has 6 heteroatoms. The number of alkyl halides is 3. The third-order valence-electron chi connectivity index (χ3n) is 2.83.